The molecule has 2 aromatic heterocycles. The van der Waals surface area contributed by atoms with Crippen molar-refractivity contribution in [2.24, 2.45) is 19.1 Å². The first-order valence-corrected chi connectivity index (χ1v) is 11.0. The molecule has 0 aliphatic rings. The van der Waals surface area contributed by atoms with Crippen LogP contribution in [-0.4, -0.2) is 37.6 Å². The zero-order valence-corrected chi connectivity index (χ0v) is 22.7. The first-order valence-electron chi connectivity index (χ1n) is 11.0. The summed E-state index contributed by atoms with van der Waals surface area (Å²) >= 11 is 0. The summed E-state index contributed by atoms with van der Waals surface area (Å²) in [6.07, 6.45) is 1.83. The van der Waals surface area contributed by atoms with Crippen LogP contribution in [0.25, 0.3) is 0 Å². The summed E-state index contributed by atoms with van der Waals surface area (Å²) in [4.78, 5) is 4.80. The van der Waals surface area contributed by atoms with Crippen LogP contribution in [0.1, 0.15) is 48.0 Å². The summed E-state index contributed by atoms with van der Waals surface area (Å²) in [6, 6.07) is 7.95. The van der Waals surface area contributed by atoms with E-state index in [2.05, 4.69) is 39.8 Å². The molecule has 2 N–H and O–H groups in total. The van der Waals surface area contributed by atoms with Crippen LogP contribution in [0.5, 0.6) is 5.75 Å². The SMILES string of the molecule is CCc1nn(C)c(CC)c1CNC(=NCc1ccc(OC)cc1)NCc1nnc(C)n1C.I. The molecule has 0 bridgehead atoms. The van der Waals surface area contributed by atoms with Crippen molar-refractivity contribution < 1.29 is 4.74 Å². The largest absolute Gasteiger partial charge is 0.497 e. The van der Waals surface area contributed by atoms with Crippen LogP contribution >= 0.6 is 24.0 Å². The summed E-state index contributed by atoms with van der Waals surface area (Å²) in [7, 11) is 5.64. The number of methoxy groups -OCH3 is 1. The number of halogens is 1. The summed E-state index contributed by atoms with van der Waals surface area (Å²) in [5.74, 6) is 3.28. The lowest BCUT2D eigenvalue weighted by atomic mass is 10.1. The summed E-state index contributed by atoms with van der Waals surface area (Å²) in [5.41, 5.74) is 4.71. The van der Waals surface area contributed by atoms with Gasteiger partial charge < -0.3 is 19.9 Å². The molecular formula is C23H35IN8O. The minimum absolute atomic E-state index is 0. The van der Waals surface area contributed by atoms with Crippen molar-refractivity contribution in [3.63, 3.8) is 0 Å². The predicted molar refractivity (Wildman–Crippen MR) is 141 cm³/mol. The molecule has 3 aromatic rings. The fourth-order valence-corrected chi connectivity index (χ4v) is 3.61. The molecular weight excluding hydrogens is 531 g/mol. The number of rotatable bonds is 9. The number of aromatic nitrogens is 5. The Bertz CT molecular complexity index is 1060. The number of ether oxygens (including phenoxy) is 1. The fourth-order valence-electron chi connectivity index (χ4n) is 3.61. The molecule has 0 aliphatic carbocycles. The van der Waals surface area contributed by atoms with Gasteiger partial charge in [-0.3, -0.25) is 4.68 Å². The lowest BCUT2D eigenvalue weighted by Gasteiger charge is -2.14. The zero-order chi connectivity index (χ0) is 23.1. The lowest BCUT2D eigenvalue weighted by molar-refractivity contribution is 0.414. The number of nitrogens with one attached hydrogen (secondary N) is 2. The highest BCUT2D eigenvalue weighted by Crippen LogP contribution is 2.15. The highest BCUT2D eigenvalue weighted by atomic mass is 127. The number of nitrogens with zero attached hydrogens (tertiary/aromatic N) is 6. The molecule has 0 saturated heterocycles. The molecule has 0 fully saturated rings. The Morgan fingerprint density at radius 2 is 1.73 bits per heavy atom. The van der Waals surface area contributed by atoms with Crippen molar-refractivity contribution in [2.45, 2.75) is 53.2 Å². The first kappa shape index (κ1) is 26.6. The molecule has 2 heterocycles. The van der Waals surface area contributed by atoms with Gasteiger partial charge in [0, 0.05) is 31.9 Å². The fraction of sp³-hybridized carbons (Fsp3) is 0.478. The highest BCUT2D eigenvalue weighted by molar-refractivity contribution is 14.0. The van der Waals surface area contributed by atoms with Gasteiger partial charge in [-0.2, -0.15) is 5.10 Å². The molecule has 180 valence electrons. The Morgan fingerprint density at radius 1 is 1.03 bits per heavy atom. The maximum atomic E-state index is 5.25. The summed E-state index contributed by atoms with van der Waals surface area (Å²) < 4.78 is 9.20. The van der Waals surface area contributed by atoms with Crippen molar-refractivity contribution in [1.82, 2.24) is 35.2 Å². The molecule has 0 radical (unpaired) electrons. The molecule has 33 heavy (non-hydrogen) atoms. The third-order valence-electron chi connectivity index (χ3n) is 5.64. The number of aliphatic imine (C=N–C) groups is 1. The first-order chi connectivity index (χ1) is 15.5. The van der Waals surface area contributed by atoms with Crippen molar-refractivity contribution in [1.29, 1.82) is 0 Å². The quantitative estimate of drug-likeness (QED) is 0.235. The molecule has 0 atom stereocenters. The maximum Gasteiger partial charge on any atom is 0.192 e. The Balaban J connectivity index is 0.00000385. The summed E-state index contributed by atoms with van der Waals surface area (Å²) in [5, 5.41) is 19.9. The topological polar surface area (TPSA) is 94.2 Å². The van der Waals surface area contributed by atoms with Gasteiger partial charge in [-0.15, -0.1) is 34.2 Å². The molecule has 0 unspecified atom stereocenters. The van der Waals surface area contributed by atoms with Crippen molar-refractivity contribution >= 4 is 29.9 Å². The minimum Gasteiger partial charge on any atom is -0.497 e. The smallest absolute Gasteiger partial charge is 0.192 e. The van der Waals surface area contributed by atoms with Crippen LogP contribution in [0.15, 0.2) is 29.3 Å². The van der Waals surface area contributed by atoms with Gasteiger partial charge in [0.1, 0.15) is 11.6 Å². The van der Waals surface area contributed by atoms with E-state index >= 15 is 0 Å². The Labute approximate surface area is 213 Å². The van der Waals surface area contributed by atoms with Crippen LogP contribution in [0, 0.1) is 6.92 Å². The van der Waals surface area contributed by atoms with E-state index in [1.807, 2.05) is 54.5 Å². The summed E-state index contributed by atoms with van der Waals surface area (Å²) in [6.45, 7) is 7.97. The Kier molecular flexibility index (Phi) is 10.1. The molecule has 1 aromatic carbocycles. The van der Waals surface area contributed by atoms with E-state index < -0.39 is 0 Å². The number of hydrogen-bond donors (Lipinski definition) is 2. The van der Waals surface area contributed by atoms with Gasteiger partial charge in [0.25, 0.3) is 0 Å². The van der Waals surface area contributed by atoms with E-state index in [1.165, 1.54) is 11.3 Å². The van der Waals surface area contributed by atoms with E-state index in [9.17, 15) is 0 Å². The van der Waals surface area contributed by atoms with Crippen LogP contribution in [0.4, 0.5) is 0 Å². The van der Waals surface area contributed by atoms with Gasteiger partial charge in [-0.25, -0.2) is 4.99 Å². The van der Waals surface area contributed by atoms with E-state index in [4.69, 9.17) is 9.73 Å². The second-order valence-electron chi connectivity index (χ2n) is 7.65. The van der Waals surface area contributed by atoms with E-state index in [0.29, 0.717) is 19.6 Å². The van der Waals surface area contributed by atoms with Gasteiger partial charge in [0.05, 0.1) is 25.9 Å². The van der Waals surface area contributed by atoms with Gasteiger partial charge >= 0.3 is 0 Å². The van der Waals surface area contributed by atoms with E-state index in [0.717, 1.165) is 47.5 Å². The predicted octanol–water partition coefficient (Wildman–Crippen LogP) is 3.04. The molecule has 0 spiro atoms. The molecule has 3 rings (SSSR count). The zero-order valence-electron chi connectivity index (χ0n) is 20.3. The number of benzene rings is 1. The third kappa shape index (κ3) is 6.68. The molecule has 0 amide bonds. The van der Waals surface area contributed by atoms with E-state index in [-0.39, 0.29) is 24.0 Å². The highest BCUT2D eigenvalue weighted by Gasteiger charge is 2.14. The molecule has 10 heteroatoms. The third-order valence-corrected chi connectivity index (χ3v) is 5.64. The van der Waals surface area contributed by atoms with Crippen molar-refractivity contribution in [3.8, 4) is 5.75 Å². The second kappa shape index (κ2) is 12.6. The standard InChI is InChI=1S/C23H34N8O.HI/c1-7-20-19(21(8-2)31(5)29-20)14-25-23(26-15-22-28-27-16(3)30(22)4)24-13-17-9-11-18(32-6)12-10-17;/h9-12H,7-8,13-15H2,1-6H3,(H2,24,25,26);1H. The normalized spacial score (nSPS) is 11.3. The van der Waals surface area contributed by atoms with Gasteiger partial charge in [0.15, 0.2) is 11.8 Å². The van der Waals surface area contributed by atoms with Crippen molar-refractivity contribution in [3.05, 3.63) is 58.4 Å². The number of hydrogen-bond acceptors (Lipinski definition) is 5. The Hall–Kier alpha value is -2.63. The van der Waals surface area contributed by atoms with Gasteiger partial charge in [-0.05, 0) is 37.5 Å². The van der Waals surface area contributed by atoms with Crippen LogP contribution in [0.3, 0.4) is 0 Å². The average molecular weight is 566 g/mol. The van der Waals surface area contributed by atoms with E-state index in [1.54, 1.807) is 7.11 Å². The minimum atomic E-state index is 0. The van der Waals surface area contributed by atoms with Crippen LogP contribution < -0.4 is 15.4 Å². The van der Waals surface area contributed by atoms with Crippen molar-refractivity contribution in [2.75, 3.05) is 7.11 Å². The second-order valence-corrected chi connectivity index (χ2v) is 7.65. The molecule has 0 saturated carbocycles. The molecule has 9 nitrogen and oxygen atoms in total. The van der Waals surface area contributed by atoms with Crippen LogP contribution in [-0.2, 0) is 46.6 Å². The maximum absolute atomic E-state index is 5.25. The number of aryl methyl sites for hydroxylation is 3. The number of guanidine groups is 1. The average Bonchev–Trinajstić information content (AvgIpc) is 3.30. The Morgan fingerprint density at radius 3 is 2.30 bits per heavy atom. The monoisotopic (exact) mass is 566 g/mol. The molecule has 0 aliphatic heterocycles. The van der Waals surface area contributed by atoms with Gasteiger partial charge in [0.2, 0.25) is 0 Å². The van der Waals surface area contributed by atoms with Gasteiger partial charge in [-0.1, -0.05) is 26.0 Å². The van der Waals surface area contributed by atoms with Crippen LogP contribution in [0.2, 0.25) is 0 Å². The lowest BCUT2D eigenvalue weighted by Crippen LogP contribution is -2.37.